The van der Waals surface area contributed by atoms with Gasteiger partial charge in [-0.25, -0.2) is 4.98 Å². The maximum absolute atomic E-state index is 11.2. The molecule has 3 aromatic rings. The van der Waals surface area contributed by atoms with Crippen LogP contribution in [-0.4, -0.2) is 22.3 Å². The molecule has 0 bridgehead atoms. The smallest absolute Gasteiger partial charge is 0.151 e. The molecule has 2 aromatic heterocycles. The van der Waals surface area contributed by atoms with Crippen LogP contribution in [0.4, 0.5) is 0 Å². The standard InChI is InChI=1S/C22H26N2O2/c1-6-26-22-18(15(4)5)9-17(14(2)3)10-19(22)20-11-23-21-8-7-16(13-25)12-24(20)21/h7-15H,6H2,1-5H3. The number of aldehydes is 1. The summed E-state index contributed by atoms with van der Waals surface area (Å²) in [5, 5.41) is 0. The fourth-order valence-electron chi connectivity index (χ4n) is 3.20. The van der Waals surface area contributed by atoms with Crippen molar-refractivity contribution in [1.82, 2.24) is 9.38 Å². The van der Waals surface area contributed by atoms with E-state index in [1.165, 1.54) is 11.1 Å². The summed E-state index contributed by atoms with van der Waals surface area (Å²) < 4.78 is 8.05. The van der Waals surface area contributed by atoms with Crippen molar-refractivity contribution in [3.8, 4) is 17.0 Å². The number of pyridine rings is 1. The van der Waals surface area contributed by atoms with Gasteiger partial charge in [-0.15, -0.1) is 0 Å². The van der Waals surface area contributed by atoms with Gasteiger partial charge in [0.05, 0.1) is 18.5 Å². The molecule has 0 aliphatic rings. The van der Waals surface area contributed by atoms with Crippen molar-refractivity contribution < 1.29 is 9.53 Å². The minimum atomic E-state index is 0.346. The number of rotatable bonds is 6. The normalized spacial score (nSPS) is 11.5. The average Bonchev–Trinajstić information content (AvgIpc) is 3.04. The summed E-state index contributed by atoms with van der Waals surface area (Å²) in [6.07, 6.45) is 4.55. The zero-order chi connectivity index (χ0) is 18.8. The van der Waals surface area contributed by atoms with E-state index in [1.807, 2.05) is 29.8 Å². The summed E-state index contributed by atoms with van der Waals surface area (Å²) in [4.78, 5) is 15.7. The summed E-state index contributed by atoms with van der Waals surface area (Å²) in [5.74, 6) is 1.66. The van der Waals surface area contributed by atoms with Crippen LogP contribution in [0.25, 0.3) is 16.9 Å². The molecule has 0 unspecified atom stereocenters. The number of hydrogen-bond donors (Lipinski definition) is 0. The Morgan fingerprint density at radius 1 is 1.15 bits per heavy atom. The maximum Gasteiger partial charge on any atom is 0.151 e. The van der Waals surface area contributed by atoms with Gasteiger partial charge < -0.3 is 4.74 Å². The molecule has 0 aliphatic carbocycles. The van der Waals surface area contributed by atoms with Gasteiger partial charge in [-0.1, -0.05) is 33.8 Å². The third kappa shape index (κ3) is 3.24. The molecule has 4 nitrogen and oxygen atoms in total. The second-order valence-electron chi connectivity index (χ2n) is 7.18. The zero-order valence-electron chi connectivity index (χ0n) is 16.1. The first kappa shape index (κ1) is 18.2. The number of ether oxygens (including phenoxy) is 1. The molecule has 0 amide bonds. The van der Waals surface area contributed by atoms with Crippen LogP contribution in [0.5, 0.6) is 5.75 Å². The first-order chi connectivity index (χ1) is 12.5. The Labute approximate surface area is 154 Å². The van der Waals surface area contributed by atoms with Crippen molar-refractivity contribution in [1.29, 1.82) is 0 Å². The van der Waals surface area contributed by atoms with Crippen molar-refractivity contribution in [3.05, 3.63) is 53.3 Å². The molecular weight excluding hydrogens is 324 g/mol. The second kappa shape index (κ2) is 7.32. The van der Waals surface area contributed by atoms with Gasteiger partial charge >= 0.3 is 0 Å². The van der Waals surface area contributed by atoms with Gasteiger partial charge in [0.25, 0.3) is 0 Å². The molecule has 0 fully saturated rings. The molecule has 0 radical (unpaired) electrons. The highest BCUT2D eigenvalue weighted by Crippen LogP contribution is 2.40. The van der Waals surface area contributed by atoms with Crippen LogP contribution in [0.3, 0.4) is 0 Å². The largest absolute Gasteiger partial charge is 0.493 e. The predicted molar refractivity (Wildman–Crippen MR) is 105 cm³/mol. The summed E-state index contributed by atoms with van der Waals surface area (Å²) in [6, 6.07) is 8.10. The zero-order valence-corrected chi connectivity index (χ0v) is 16.1. The number of carbonyl (C=O) groups excluding carboxylic acids is 1. The third-order valence-corrected chi connectivity index (χ3v) is 4.66. The highest BCUT2D eigenvalue weighted by atomic mass is 16.5. The number of carbonyl (C=O) groups is 1. The van der Waals surface area contributed by atoms with Crippen LogP contribution in [0.15, 0.2) is 36.7 Å². The van der Waals surface area contributed by atoms with Crippen LogP contribution < -0.4 is 4.74 Å². The topological polar surface area (TPSA) is 43.6 Å². The molecular formula is C22H26N2O2. The van der Waals surface area contributed by atoms with Crippen molar-refractivity contribution in [3.63, 3.8) is 0 Å². The van der Waals surface area contributed by atoms with Gasteiger partial charge in [0, 0.05) is 17.3 Å². The molecule has 3 rings (SSSR count). The van der Waals surface area contributed by atoms with Gasteiger partial charge in [0.2, 0.25) is 0 Å². The Balaban J connectivity index is 2.33. The molecule has 2 heterocycles. The van der Waals surface area contributed by atoms with E-state index < -0.39 is 0 Å². The molecule has 0 saturated carbocycles. The molecule has 26 heavy (non-hydrogen) atoms. The minimum absolute atomic E-state index is 0.346. The number of aromatic nitrogens is 2. The summed E-state index contributed by atoms with van der Waals surface area (Å²) in [7, 11) is 0. The Morgan fingerprint density at radius 3 is 2.54 bits per heavy atom. The number of nitrogens with zero attached hydrogens (tertiary/aromatic N) is 2. The first-order valence-electron chi connectivity index (χ1n) is 9.19. The number of benzene rings is 1. The minimum Gasteiger partial charge on any atom is -0.493 e. The van der Waals surface area contributed by atoms with Crippen LogP contribution in [0.1, 0.15) is 67.9 Å². The van der Waals surface area contributed by atoms with Crippen molar-refractivity contribution in [2.24, 2.45) is 0 Å². The van der Waals surface area contributed by atoms with E-state index in [0.717, 1.165) is 28.9 Å². The summed E-state index contributed by atoms with van der Waals surface area (Å²) >= 11 is 0. The quantitative estimate of drug-likeness (QED) is 0.555. The van der Waals surface area contributed by atoms with E-state index in [0.29, 0.717) is 24.0 Å². The van der Waals surface area contributed by atoms with Gasteiger partial charge in [0.15, 0.2) is 6.29 Å². The highest BCUT2D eigenvalue weighted by molar-refractivity contribution is 5.77. The number of imidazole rings is 1. The fraction of sp³-hybridized carbons (Fsp3) is 0.364. The van der Waals surface area contributed by atoms with E-state index >= 15 is 0 Å². The summed E-state index contributed by atoms with van der Waals surface area (Å²) in [6.45, 7) is 11.4. The van der Waals surface area contributed by atoms with Crippen molar-refractivity contribution >= 4 is 11.9 Å². The number of hydrogen-bond acceptors (Lipinski definition) is 3. The Hall–Kier alpha value is -2.62. The molecule has 0 saturated heterocycles. The molecule has 4 heteroatoms. The Morgan fingerprint density at radius 2 is 1.92 bits per heavy atom. The van der Waals surface area contributed by atoms with E-state index in [2.05, 4.69) is 44.8 Å². The monoisotopic (exact) mass is 350 g/mol. The lowest BCUT2D eigenvalue weighted by Crippen LogP contribution is -2.04. The van der Waals surface area contributed by atoms with Crippen molar-refractivity contribution in [2.45, 2.75) is 46.5 Å². The highest BCUT2D eigenvalue weighted by Gasteiger charge is 2.20. The Kier molecular flexibility index (Phi) is 5.12. The second-order valence-corrected chi connectivity index (χ2v) is 7.18. The lowest BCUT2D eigenvalue weighted by molar-refractivity contribution is 0.112. The van der Waals surface area contributed by atoms with Crippen LogP contribution >= 0.6 is 0 Å². The predicted octanol–water partition coefficient (Wildman–Crippen LogP) is 5.46. The van der Waals surface area contributed by atoms with E-state index in [-0.39, 0.29) is 0 Å². The molecule has 136 valence electrons. The van der Waals surface area contributed by atoms with Crippen molar-refractivity contribution in [2.75, 3.05) is 6.61 Å². The van der Waals surface area contributed by atoms with Crippen LogP contribution in [-0.2, 0) is 0 Å². The van der Waals surface area contributed by atoms with E-state index in [9.17, 15) is 4.79 Å². The fourth-order valence-corrected chi connectivity index (χ4v) is 3.20. The molecule has 1 aromatic carbocycles. The Bertz CT molecular complexity index is 939. The van der Waals surface area contributed by atoms with Gasteiger partial charge in [-0.05, 0) is 48.1 Å². The first-order valence-corrected chi connectivity index (χ1v) is 9.19. The third-order valence-electron chi connectivity index (χ3n) is 4.66. The van der Waals surface area contributed by atoms with Gasteiger partial charge in [-0.2, -0.15) is 0 Å². The van der Waals surface area contributed by atoms with E-state index in [4.69, 9.17) is 4.74 Å². The summed E-state index contributed by atoms with van der Waals surface area (Å²) in [5.41, 5.74) is 5.88. The number of fused-ring (bicyclic) bond motifs is 1. The molecule has 0 aliphatic heterocycles. The molecule has 0 N–H and O–H groups in total. The lowest BCUT2D eigenvalue weighted by Gasteiger charge is -2.20. The van der Waals surface area contributed by atoms with E-state index in [1.54, 1.807) is 6.07 Å². The van der Waals surface area contributed by atoms with Crippen LogP contribution in [0.2, 0.25) is 0 Å². The van der Waals surface area contributed by atoms with Crippen LogP contribution in [0, 0.1) is 0 Å². The van der Waals surface area contributed by atoms with Gasteiger partial charge in [0.1, 0.15) is 11.4 Å². The molecule has 0 spiro atoms. The average molecular weight is 350 g/mol. The molecule has 0 atom stereocenters. The lowest BCUT2D eigenvalue weighted by atomic mass is 9.91. The maximum atomic E-state index is 11.2. The van der Waals surface area contributed by atoms with Gasteiger partial charge in [-0.3, -0.25) is 9.20 Å². The SMILES string of the molecule is CCOc1c(-c2cnc3ccc(C=O)cn23)cc(C(C)C)cc1C(C)C.